The zero-order valence-corrected chi connectivity index (χ0v) is 19.2. The fraction of sp³-hybridized carbons (Fsp3) is 0.0769. The van der Waals surface area contributed by atoms with Crippen molar-refractivity contribution in [3.8, 4) is 5.88 Å². The molecule has 0 atom stereocenters. The average Bonchev–Trinajstić information content (AvgIpc) is 3.32. The summed E-state index contributed by atoms with van der Waals surface area (Å²) in [6.45, 7) is 1.91. The maximum Gasteiger partial charge on any atom is 0.248 e. The van der Waals surface area contributed by atoms with Gasteiger partial charge in [0.25, 0.3) is 0 Å². The zero-order chi connectivity index (χ0) is 23.8. The number of para-hydroxylation sites is 1. The highest BCUT2D eigenvalue weighted by Gasteiger charge is 2.17. The molecule has 34 heavy (non-hydrogen) atoms. The SMILES string of the molecule is CC(=O)N(c1ccccc1)c1nc(/C=C/C(=O)Nc2ccc(OCc3ccccc3)nc2)cs1. The van der Waals surface area contributed by atoms with Crippen molar-refractivity contribution in [1.29, 1.82) is 0 Å². The molecular weight excluding hydrogens is 448 g/mol. The number of nitrogens with zero attached hydrogens (tertiary/aromatic N) is 3. The Hall–Kier alpha value is -4.30. The van der Waals surface area contributed by atoms with Crippen molar-refractivity contribution in [1.82, 2.24) is 9.97 Å². The molecule has 0 unspecified atom stereocenters. The lowest BCUT2D eigenvalue weighted by Crippen LogP contribution is -2.22. The van der Waals surface area contributed by atoms with Gasteiger partial charge in [0, 0.05) is 24.4 Å². The summed E-state index contributed by atoms with van der Waals surface area (Å²) in [7, 11) is 0. The van der Waals surface area contributed by atoms with Crippen LogP contribution in [0.2, 0.25) is 0 Å². The maximum atomic E-state index is 12.3. The van der Waals surface area contributed by atoms with Crippen LogP contribution in [0.3, 0.4) is 0 Å². The number of carbonyl (C=O) groups excluding carboxylic acids is 2. The fourth-order valence-electron chi connectivity index (χ4n) is 3.08. The van der Waals surface area contributed by atoms with Crippen LogP contribution in [0.5, 0.6) is 5.88 Å². The summed E-state index contributed by atoms with van der Waals surface area (Å²) >= 11 is 1.33. The van der Waals surface area contributed by atoms with E-state index < -0.39 is 0 Å². The molecule has 0 aliphatic carbocycles. The Morgan fingerprint density at radius 2 is 1.76 bits per heavy atom. The number of rotatable bonds is 8. The van der Waals surface area contributed by atoms with E-state index >= 15 is 0 Å². The zero-order valence-electron chi connectivity index (χ0n) is 18.4. The molecule has 0 spiro atoms. The summed E-state index contributed by atoms with van der Waals surface area (Å²) in [5.74, 6) is 0.0131. The molecule has 7 nitrogen and oxygen atoms in total. The molecule has 0 radical (unpaired) electrons. The molecule has 4 aromatic rings. The fourth-order valence-corrected chi connectivity index (χ4v) is 3.93. The number of pyridine rings is 1. The van der Waals surface area contributed by atoms with E-state index in [1.165, 1.54) is 35.4 Å². The Bertz CT molecular complexity index is 1270. The largest absolute Gasteiger partial charge is 0.473 e. The normalized spacial score (nSPS) is 10.7. The molecule has 1 N–H and O–H groups in total. The van der Waals surface area contributed by atoms with Crippen molar-refractivity contribution in [3.05, 3.63) is 102 Å². The Labute approximate surface area is 201 Å². The van der Waals surface area contributed by atoms with Gasteiger partial charge in [0.1, 0.15) is 6.61 Å². The van der Waals surface area contributed by atoms with Crippen LogP contribution < -0.4 is 15.0 Å². The number of aromatic nitrogens is 2. The number of anilines is 3. The number of nitrogens with one attached hydrogen (secondary N) is 1. The minimum absolute atomic E-state index is 0.141. The molecular formula is C26H22N4O3S. The van der Waals surface area contributed by atoms with Crippen molar-refractivity contribution in [2.24, 2.45) is 0 Å². The molecule has 0 saturated heterocycles. The van der Waals surface area contributed by atoms with Crippen molar-refractivity contribution in [3.63, 3.8) is 0 Å². The number of ether oxygens (including phenoxy) is 1. The van der Waals surface area contributed by atoms with Crippen LogP contribution in [0.1, 0.15) is 18.2 Å². The van der Waals surface area contributed by atoms with Crippen LogP contribution in [0.4, 0.5) is 16.5 Å². The first-order chi connectivity index (χ1) is 16.6. The topological polar surface area (TPSA) is 84.4 Å². The second-order valence-electron chi connectivity index (χ2n) is 7.23. The van der Waals surface area contributed by atoms with Crippen LogP contribution in [0, 0.1) is 0 Å². The highest BCUT2D eigenvalue weighted by molar-refractivity contribution is 7.14. The van der Waals surface area contributed by atoms with E-state index in [2.05, 4.69) is 15.3 Å². The Balaban J connectivity index is 1.33. The Morgan fingerprint density at radius 3 is 2.44 bits per heavy atom. The first kappa shape index (κ1) is 22.9. The van der Waals surface area contributed by atoms with E-state index in [1.54, 1.807) is 23.6 Å². The van der Waals surface area contributed by atoms with E-state index in [-0.39, 0.29) is 11.8 Å². The van der Waals surface area contributed by atoms with Gasteiger partial charge in [-0.1, -0.05) is 48.5 Å². The van der Waals surface area contributed by atoms with E-state index in [0.29, 0.717) is 29.0 Å². The maximum absolute atomic E-state index is 12.3. The molecule has 0 saturated carbocycles. The second kappa shape index (κ2) is 11.0. The van der Waals surface area contributed by atoms with Crippen LogP contribution in [-0.2, 0) is 16.2 Å². The van der Waals surface area contributed by atoms with Gasteiger partial charge in [-0.3, -0.25) is 14.5 Å². The first-order valence-electron chi connectivity index (χ1n) is 10.5. The number of hydrogen-bond donors (Lipinski definition) is 1. The van der Waals surface area contributed by atoms with Gasteiger partial charge in [-0.15, -0.1) is 11.3 Å². The molecule has 8 heteroatoms. The van der Waals surface area contributed by atoms with Crippen LogP contribution >= 0.6 is 11.3 Å². The van der Waals surface area contributed by atoms with Gasteiger partial charge < -0.3 is 10.1 Å². The summed E-state index contributed by atoms with van der Waals surface area (Å²) in [6, 6.07) is 22.5. The van der Waals surface area contributed by atoms with E-state index in [4.69, 9.17) is 4.74 Å². The number of carbonyl (C=O) groups is 2. The van der Waals surface area contributed by atoms with Gasteiger partial charge in [-0.25, -0.2) is 9.97 Å². The van der Waals surface area contributed by atoms with Crippen molar-refractivity contribution >= 4 is 45.7 Å². The Kier molecular flexibility index (Phi) is 7.42. The molecule has 0 bridgehead atoms. The molecule has 0 fully saturated rings. The van der Waals surface area contributed by atoms with Crippen LogP contribution in [-0.4, -0.2) is 21.8 Å². The summed E-state index contributed by atoms with van der Waals surface area (Å²) in [6.07, 6.45) is 4.53. The third kappa shape index (κ3) is 6.14. The van der Waals surface area contributed by atoms with Gasteiger partial charge in [-0.2, -0.15) is 0 Å². The first-order valence-corrected chi connectivity index (χ1v) is 11.4. The highest BCUT2D eigenvalue weighted by Crippen LogP contribution is 2.29. The Morgan fingerprint density at radius 1 is 1.03 bits per heavy atom. The van der Waals surface area contributed by atoms with E-state index in [9.17, 15) is 9.59 Å². The number of thiazole rings is 1. The lowest BCUT2D eigenvalue weighted by atomic mass is 10.2. The van der Waals surface area contributed by atoms with E-state index in [0.717, 1.165) is 11.3 Å². The van der Waals surface area contributed by atoms with Gasteiger partial charge in [0.05, 0.1) is 23.3 Å². The van der Waals surface area contributed by atoms with Gasteiger partial charge in [0.15, 0.2) is 5.13 Å². The van der Waals surface area contributed by atoms with Crippen LogP contribution in [0.15, 0.2) is 90.4 Å². The molecule has 2 aromatic heterocycles. The van der Waals surface area contributed by atoms with Crippen LogP contribution in [0.25, 0.3) is 6.08 Å². The molecule has 0 aliphatic rings. The predicted molar refractivity (Wildman–Crippen MR) is 134 cm³/mol. The van der Waals surface area contributed by atoms with E-state index in [1.807, 2.05) is 60.7 Å². The molecule has 2 aromatic carbocycles. The third-order valence-electron chi connectivity index (χ3n) is 4.67. The standard InChI is InChI=1S/C26H22N4O3S/c1-19(31)30(23-10-6-3-7-11-23)26-29-22(18-34-26)12-14-24(32)28-21-13-15-25(27-16-21)33-17-20-8-4-2-5-9-20/h2-16,18H,17H2,1H3,(H,28,32)/b14-12+. The summed E-state index contributed by atoms with van der Waals surface area (Å²) in [5, 5.41) is 5.08. The minimum atomic E-state index is -0.319. The molecule has 4 rings (SSSR count). The number of benzene rings is 2. The second-order valence-corrected chi connectivity index (χ2v) is 8.06. The third-order valence-corrected chi connectivity index (χ3v) is 5.51. The lowest BCUT2D eigenvalue weighted by molar-refractivity contribution is -0.116. The minimum Gasteiger partial charge on any atom is -0.473 e. The van der Waals surface area contributed by atoms with Crippen molar-refractivity contribution in [2.75, 3.05) is 10.2 Å². The van der Waals surface area contributed by atoms with Gasteiger partial charge >= 0.3 is 0 Å². The number of hydrogen-bond acceptors (Lipinski definition) is 6. The van der Waals surface area contributed by atoms with Crippen molar-refractivity contribution < 1.29 is 14.3 Å². The van der Waals surface area contributed by atoms with Gasteiger partial charge in [-0.05, 0) is 29.8 Å². The number of amides is 2. The summed E-state index contributed by atoms with van der Waals surface area (Å²) in [5.41, 5.74) is 2.92. The lowest BCUT2D eigenvalue weighted by Gasteiger charge is -2.17. The highest BCUT2D eigenvalue weighted by atomic mass is 32.1. The molecule has 170 valence electrons. The molecule has 0 aliphatic heterocycles. The summed E-state index contributed by atoms with van der Waals surface area (Å²) < 4.78 is 5.65. The molecule has 2 amide bonds. The van der Waals surface area contributed by atoms with Gasteiger partial charge in [0.2, 0.25) is 17.7 Å². The van der Waals surface area contributed by atoms with Crippen molar-refractivity contribution in [2.45, 2.75) is 13.5 Å². The quantitative estimate of drug-likeness (QED) is 0.346. The molecule has 2 heterocycles. The average molecular weight is 471 g/mol. The summed E-state index contributed by atoms with van der Waals surface area (Å²) in [4.78, 5) is 34.7. The smallest absolute Gasteiger partial charge is 0.248 e. The monoisotopic (exact) mass is 470 g/mol. The predicted octanol–water partition coefficient (Wildman–Crippen LogP) is 5.45.